The molecule has 8 heteroatoms. The zero-order valence-corrected chi connectivity index (χ0v) is 10.2. The Morgan fingerprint density at radius 3 is 2.83 bits per heavy atom. The highest BCUT2D eigenvalue weighted by atomic mass is 32.2. The number of rotatable bonds is 3. The minimum absolute atomic E-state index is 0.148. The second-order valence-corrected chi connectivity index (χ2v) is 4.43. The van der Waals surface area contributed by atoms with E-state index >= 15 is 0 Å². The first kappa shape index (κ1) is 12.4. The van der Waals surface area contributed by atoms with Crippen LogP contribution in [0.5, 0.6) is 0 Å². The Kier molecular flexibility index (Phi) is 3.19. The molecular weight excluding hydrogens is 258 g/mol. The van der Waals surface area contributed by atoms with E-state index in [0.29, 0.717) is 11.4 Å². The van der Waals surface area contributed by atoms with Crippen LogP contribution in [0.3, 0.4) is 0 Å². The molecular formula is C10H9N3O4S. The van der Waals surface area contributed by atoms with Gasteiger partial charge in [-0.05, 0) is 24.8 Å². The summed E-state index contributed by atoms with van der Waals surface area (Å²) >= 11 is 1.01. The van der Waals surface area contributed by atoms with Crippen molar-refractivity contribution in [3.63, 3.8) is 0 Å². The highest BCUT2D eigenvalue weighted by Crippen LogP contribution is 2.32. The number of nitrogens with one attached hydrogen (secondary N) is 1. The molecule has 0 radical (unpaired) electrons. The van der Waals surface area contributed by atoms with E-state index in [0.717, 1.165) is 11.8 Å². The van der Waals surface area contributed by atoms with Crippen LogP contribution in [-0.2, 0) is 4.79 Å². The van der Waals surface area contributed by atoms with Crippen LogP contribution in [0.15, 0.2) is 21.5 Å². The number of hydrogen-bond acceptors (Lipinski definition) is 6. The first-order valence-electron chi connectivity index (χ1n) is 5.07. The predicted molar refractivity (Wildman–Crippen MR) is 66.0 cm³/mol. The highest BCUT2D eigenvalue weighted by molar-refractivity contribution is 8.18. The summed E-state index contributed by atoms with van der Waals surface area (Å²) in [5, 5.41) is 18.2. The summed E-state index contributed by atoms with van der Waals surface area (Å²) in [6.45, 7) is 2.19. The SMILES string of the molecule is CCN1C(=N)S/C(=C/c2ccc([N+](=O)[O-])o2)C1=O. The molecule has 1 saturated heterocycles. The first-order valence-corrected chi connectivity index (χ1v) is 5.88. The number of carbonyl (C=O) groups excluding carboxylic acids is 1. The first-order chi connectivity index (χ1) is 8.52. The number of likely N-dealkylation sites (N-methyl/N-ethyl adjacent to an activating group) is 1. The molecule has 94 valence electrons. The van der Waals surface area contributed by atoms with Crippen molar-refractivity contribution in [3.05, 3.63) is 32.9 Å². The lowest BCUT2D eigenvalue weighted by Crippen LogP contribution is -2.27. The van der Waals surface area contributed by atoms with Gasteiger partial charge in [0, 0.05) is 12.6 Å². The van der Waals surface area contributed by atoms with E-state index in [2.05, 4.69) is 0 Å². The number of nitrogens with zero attached hydrogens (tertiary/aromatic N) is 2. The third-order valence-corrected chi connectivity index (χ3v) is 3.22. The maximum Gasteiger partial charge on any atom is 0.433 e. The maximum absolute atomic E-state index is 11.8. The number of hydrogen-bond donors (Lipinski definition) is 1. The van der Waals surface area contributed by atoms with Crippen molar-refractivity contribution in [1.82, 2.24) is 4.90 Å². The standard InChI is InChI=1S/C10H9N3O4S/c1-2-12-9(14)7(18-10(12)11)5-6-3-4-8(17-6)13(15)16/h3-5,11H,2H2,1H3/b7-5+,11-10?. The van der Waals surface area contributed by atoms with Gasteiger partial charge in [0.1, 0.15) is 10.7 Å². The van der Waals surface area contributed by atoms with Crippen molar-refractivity contribution in [2.24, 2.45) is 0 Å². The van der Waals surface area contributed by atoms with Gasteiger partial charge in [-0.15, -0.1) is 0 Å². The molecule has 1 fully saturated rings. The summed E-state index contributed by atoms with van der Waals surface area (Å²) < 4.78 is 4.93. The minimum Gasteiger partial charge on any atom is -0.401 e. The molecule has 1 amide bonds. The van der Waals surface area contributed by atoms with Crippen LogP contribution >= 0.6 is 11.8 Å². The molecule has 1 aliphatic rings. The minimum atomic E-state index is -0.647. The van der Waals surface area contributed by atoms with E-state index in [4.69, 9.17) is 9.83 Å². The fraction of sp³-hybridized carbons (Fsp3) is 0.200. The maximum atomic E-state index is 11.8. The van der Waals surface area contributed by atoms with Gasteiger partial charge in [-0.1, -0.05) is 0 Å². The molecule has 0 atom stereocenters. The van der Waals surface area contributed by atoms with Crippen LogP contribution in [0.1, 0.15) is 12.7 Å². The quantitative estimate of drug-likeness (QED) is 0.513. The second-order valence-electron chi connectivity index (χ2n) is 3.40. The van der Waals surface area contributed by atoms with E-state index in [9.17, 15) is 14.9 Å². The monoisotopic (exact) mass is 267 g/mol. The lowest BCUT2D eigenvalue weighted by molar-refractivity contribution is -0.402. The van der Waals surface area contributed by atoms with Gasteiger partial charge < -0.3 is 4.42 Å². The lowest BCUT2D eigenvalue weighted by atomic mass is 10.3. The Balaban J connectivity index is 2.26. The number of furan rings is 1. The average molecular weight is 267 g/mol. The van der Waals surface area contributed by atoms with Crippen molar-refractivity contribution in [1.29, 1.82) is 5.41 Å². The zero-order chi connectivity index (χ0) is 13.3. The molecule has 0 saturated carbocycles. The van der Waals surface area contributed by atoms with Crippen molar-refractivity contribution >= 4 is 34.8 Å². The number of thioether (sulfide) groups is 1. The van der Waals surface area contributed by atoms with E-state index in [1.54, 1.807) is 6.92 Å². The lowest BCUT2D eigenvalue weighted by Gasteiger charge is -2.09. The summed E-state index contributed by atoms with van der Waals surface area (Å²) in [6, 6.07) is 2.64. The van der Waals surface area contributed by atoms with Gasteiger partial charge in [0.25, 0.3) is 5.91 Å². The van der Waals surface area contributed by atoms with Crippen LogP contribution < -0.4 is 0 Å². The summed E-state index contributed by atoms with van der Waals surface area (Å²) in [5.41, 5.74) is 0. The van der Waals surface area contributed by atoms with E-state index < -0.39 is 4.92 Å². The topological polar surface area (TPSA) is 100 Å². The van der Waals surface area contributed by atoms with Gasteiger partial charge in [-0.3, -0.25) is 25.2 Å². The van der Waals surface area contributed by atoms with E-state index in [-0.39, 0.29) is 22.7 Å². The Hall–Kier alpha value is -2.09. The van der Waals surface area contributed by atoms with Gasteiger partial charge in [0.15, 0.2) is 5.17 Å². The van der Waals surface area contributed by atoms with Gasteiger partial charge in [-0.2, -0.15) is 0 Å². The predicted octanol–water partition coefficient (Wildman–Crippen LogP) is 2.06. The Morgan fingerprint density at radius 2 is 2.33 bits per heavy atom. The molecule has 18 heavy (non-hydrogen) atoms. The third-order valence-electron chi connectivity index (χ3n) is 2.29. The fourth-order valence-electron chi connectivity index (χ4n) is 1.45. The van der Waals surface area contributed by atoms with Crippen molar-refractivity contribution in [3.8, 4) is 0 Å². The summed E-state index contributed by atoms with van der Waals surface area (Å²) in [5.74, 6) is -0.436. The molecule has 1 aromatic rings. The van der Waals surface area contributed by atoms with Crippen molar-refractivity contribution in [2.45, 2.75) is 6.92 Å². The molecule has 0 unspecified atom stereocenters. The molecule has 1 aliphatic heterocycles. The molecule has 0 spiro atoms. The van der Waals surface area contributed by atoms with Crippen molar-refractivity contribution in [2.75, 3.05) is 6.54 Å². The normalized spacial score (nSPS) is 17.8. The largest absolute Gasteiger partial charge is 0.433 e. The summed E-state index contributed by atoms with van der Waals surface area (Å²) in [4.78, 5) is 23.2. The van der Waals surface area contributed by atoms with Gasteiger partial charge >= 0.3 is 5.88 Å². The number of amides is 1. The summed E-state index contributed by atoms with van der Waals surface area (Å²) in [7, 11) is 0. The molecule has 7 nitrogen and oxygen atoms in total. The molecule has 2 heterocycles. The second kappa shape index (κ2) is 4.65. The van der Waals surface area contributed by atoms with Gasteiger partial charge in [-0.25, -0.2) is 0 Å². The average Bonchev–Trinajstić information content (AvgIpc) is 2.86. The smallest absolute Gasteiger partial charge is 0.401 e. The molecule has 0 bridgehead atoms. The third kappa shape index (κ3) is 2.14. The Labute approximate surface area is 106 Å². The zero-order valence-electron chi connectivity index (χ0n) is 9.37. The van der Waals surface area contributed by atoms with E-state index in [1.165, 1.54) is 23.1 Å². The molecule has 1 aromatic heterocycles. The Bertz CT molecular complexity index is 563. The molecule has 0 aliphatic carbocycles. The number of nitro groups is 1. The van der Waals surface area contributed by atoms with Crippen LogP contribution in [0.25, 0.3) is 6.08 Å². The molecule has 0 aromatic carbocycles. The van der Waals surface area contributed by atoms with Crippen molar-refractivity contribution < 1.29 is 14.1 Å². The van der Waals surface area contributed by atoms with Gasteiger partial charge in [0.05, 0.1) is 11.0 Å². The molecule has 2 rings (SSSR count). The van der Waals surface area contributed by atoms with Crippen LogP contribution in [0.4, 0.5) is 5.88 Å². The van der Waals surface area contributed by atoms with E-state index in [1.807, 2.05) is 0 Å². The van der Waals surface area contributed by atoms with Gasteiger partial charge in [0.2, 0.25) is 0 Å². The fourth-order valence-corrected chi connectivity index (χ4v) is 2.36. The van der Waals surface area contributed by atoms with Crippen LogP contribution in [0.2, 0.25) is 0 Å². The summed E-state index contributed by atoms with van der Waals surface area (Å²) in [6.07, 6.45) is 1.41. The van der Waals surface area contributed by atoms with Crippen LogP contribution in [-0.4, -0.2) is 27.4 Å². The van der Waals surface area contributed by atoms with Crippen LogP contribution in [0, 0.1) is 15.5 Å². The number of amidine groups is 1. The Morgan fingerprint density at radius 1 is 1.61 bits per heavy atom. The number of carbonyl (C=O) groups is 1. The highest BCUT2D eigenvalue weighted by Gasteiger charge is 2.31. The molecule has 1 N–H and O–H groups in total.